The van der Waals surface area contributed by atoms with E-state index in [1.165, 1.54) is 76.7 Å². The Hall–Kier alpha value is -10.2. The molecule has 4 aromatic carbocycles. The summed E-state index contributed by atoms with van der Waals surface area (Å²) in [5.74, 6) is 0.168. The molecule has 0 saturated carbocycles. The van der Waals surface area contributed by atoms with E-state index in [0.29, 0.717) is 81.7 Å². The maximum atomic E-state index is 12.0. The fourth-order valence-corrected chi connectivity index (χ4v) is 9.10. The van der Waals surface area contributed by atoms with E-state index < -0.39 is 0 Å². The first-order chi connectivity index (χ1) is 43.0. The smallest absolute Gasteiger partial charge is 0.185 e. The molecule has 0 amide bonds. The van der Waals surface area contributed by atoms with E-state index in [0.717, 1.165) is 22.3 Å². The molecule has 2 aliphatic heterocycles. The number of nitrogens with zero attached hydrogens (tertiary/aromatic N) is 4. The Morgan fingerprint density at radius 2 is 0.589 bits per heavy atom. The zero-order valence-electron chi connectivity index (χ0n) is 49.4. The average molecular weight is 1260 g/mol. The lowest BCUT2D eigenvalue weighted by Crippen LogP contribution is -2.15. The summed E-state index contributed by atoms with van der Waals surface area (Å²) in [5, 5.41) is 41.3. The number of Topliss-reactive ketones (excluding diaryl/α,β-unsaturated/α-hetero) is 8. The lowest BCUT2D eigenvalue weighted by Gasteiger charge is -2.19. The number of hydrogen-bond acceptors (Lipinski definition) is 20. The van der Waals surface area contributed by atoms with Crippen LogP contribution in [0.2, 0.25) is 10.0 Å². The standard InChI is InChI=1S/2C18H17NO5.2C16H14ClNO3/c2*1-11(20)2-4-14(21)18-15(22)8-13(10-19-18)12-3-5-16-17(9-12)24-7-6-23-16;2*1-10(19)5-6-14(20)16-15(21)8-12(9-18-16)11-3-2-4-13(17)7-11/h2*3,5,8-10,22H,2,4,6-7H2,1H3;2*2-4,7-9,21H,5-6H2,1H3. The second-order valence-electron chi connectivity index (χ2n) is 20.6. The number of rotatable bonds is 20. The molecule has 0 fully saturated rings. The number of fused-ring (bicyclic) bond motifs is 2. The third-order valence-electron chi connectivity index (χ3n) is 13.4. The fourth-order valence-electron chi connectivity index (χ4n) is 8.72. The summed E-state index contributed by atoms with van der Waals surface area (Å²) in [5.41, 5.74) is 5.78. The van der Waals surface area contributed by atoms with Crippen molar-refractivity contribution < 1.29 is 77.7 Å². The van der Waals surface area contributed by atoms with Crippen molar-refractivity contribution in [1.29, 1.82) is 0 Å². The zero-order chi connectivity index (χ0) is 65.0. The Balaban J connectivity index is 0.000000171. The lowest BCUT2D eigenvalue weighted by atomic mass is 10.0. The summed E-state index contributed by atoms with van der Waals surface area (Å²) in [4.78, 5) is 108. The molecule has 0 bridgehead atoms. The number of aromatic hydroxyl groups is 4. The summed E-state index contributed by atoms with van der Waals surface area (Å²) in [7, 11) is 0. The minimum absolute atomic E-state index is 0.0120. The van der Waals surface area contributed by atoms with Crippen molar-refractivity contribution >= 4 is 69.5 Å². The van der Waals surface area contributed by atoms with E-state index in [9.17, 15) is 58.8 Å². The third kappa shape index (κ3) is 19.4. The largest absolute Gasteiger partial charge is 0.506 e. The van der Waals surface area contributed by atoms with Crippen LogP contribution >= 0.6 is 23.2 Å². The van der Waals surface area contributed by atoms with Crippen LogP contribution in [0.15, 0.2) is 134 Å². The number of hydrogen-bond donors (Lipinski definition) is 4. The van der Waals surface area contributed by atoms with Gasteiger partial charge in [0.1, 0.15) is 95.3 Å². The highest BCUT2D eigenvalue weighted by atomic mass is 35.5. The van der Waals surface area contributed by atoms with E-state index in [1.807, 2.05) is 36.4 Å². The normalized spacial score (nSPS) is 11.6. The van der Waals surface area contributed by atoms with Crippen molar-refractivity contribution in [3.8, 4) is 90.5 Å². The zero-order valence-corrected chi connectivity index (χ0v) is 50.9. The monoisotopic (exact) mass is 1260 g/mol. The molecule has 0 radical (unpaired) electrons. The van der Waals surface area contributed by atoms with Crippen LogP contribution in [-0.4, -0.2) is 113 Å². The van der Waals surface area contributed by atoms with Crippen LogP contribution in [-0.2, 0) is 19.2 Å². The Morgan fingerprint density at radius 1 is 0.333 bits per heavy atom. The predicted molar refractivity (Wildman–Crippen MR) is 334 cm³/mol. The van der Waals surface area contributed by atoms with Crippen LogP contribution in [0.25, 0.3) is 44.5 Å². The first kappa shape index (κ1) is 67.3. The highest BCUT2D eigenvalue weighted by molar-refractivity contribution is 6.31. The van der Waals surface area contributed by atoms with E-state index in [-0.39, 0.29) is 143 Å². The van der Waals surface area contributed by atoms with Gasteiger partial charge in [0.05, 0.1) is 0 Å². The van der Waals surface area contributed by atoms with E-state index in [4.69, 9.17) is 42.1 Å². The molecule has 4 N–H and O–H groups in total. The van der Waals surface area contributed by atoms with Crippen LogP contribution in [0.4, 0.5) is 0 Å². The van der Waals surface area contributed by atoms with Crippen LogP contribution in [0, 0.1) is 0 Å². The van der Waals surface area contributed by atoms with Crippen LogP contribution in [0.3, 0.4) is 0 Å². The molecule has 2 aliphatic rings. The Labute approximate surface area is 527 Å². The third-order valence-corrected chi connectivity index (χ3v) is 13.9. The predicted octanol–water partition coefficient (Wildman–Crippen LogP) is 12.9. The minimum atomic E-state index is -0.351. The van der Waals surface area contributed by atoms with Gasteiger partial charge in [0.15, 0.2) is 46.1 Å². The van der Waals surface area contributed by atoms with Crippen LogP contribution in [0.1, 0.15) is 121 Å². The van der Waals surface area contributed by atoms with Gasteiger partial charge < -0.3 is 58.6 Å². The first-order valence-corrected chi connectivity index (χ1v) is 29.0. The van der Waals surface area contributed by atoms with Gasteiger partial charge in [-0.05, 0) is 123 Å². The Bertz CT molecular complexity index is 3760. The van der Waals surface area contributed by atoms with Gasteiger partial charge in [-0.3, -0.25) is 19.2 Å². The van der Waals surface area contributed by atoms with Gasteiger partial charge in [0.2, 0.25) is 0 Å². The Kier molecular flexibility index (Phi) is 24.1. The van der Waals surface area contributed by atoms with Gasteiger partial charge in [-0.2, -0.15) is 0 Å². The summed E-state index contributed by atoms with van der Waals surface area (Å²) in [6, 6.07) is 31.0. The molecule has 0 saturated heterocycles. The van der Waals surface area contributed by atoms with E-state index in [2.05, 4.69) is 19.9 Å². The molecule has 6 heterocycles. The molecule has 10 rings (SSSR count). The topological polar surface area (TPSA) is 306 Å². The highest BCUT2D eigenvalue weighted by Crippen LogP contribution is 2.38. The molecule has 0 spiro atoms. The number of carbonyl (C=O) groups is 8. The van der Waals surface area contributed by atoms with Gasteiger partial charge in [-0.15, -0.1) is 0 Å². The lowest BCUT2D eigenvalue weighted by molar-refractivity contribution is -0.117. The first-order valence-electron chi connectivity index (χ1n) is 28.2. The van der Waals surface area contributed by atoms with E-state index in [1.54, 1.807) is 48.5 Å². The highest BCUT2D eigenvalue weighted by Gasteiger charge is 2.21. The molecule has 0 unspecified atom stereocenters. The van der Waals surface area contributed by atoms with Gasteiger partial charge in [0.25, 0.3) is 0 Å². The van der Waals surface area contributed by atoms with Crippen LogP contribution < -0.4 is 18.9 Å². The van der Waals surface area contributed by atoms with E-state index >= 15 is 0 Å². The van der Waals surface area contributed by atoms with Crippen molar-refractivity contribution in [1.82, 2.24) is 19.9 Å². The number of ether oxygens (including phenoxy) is 4. The molecule has 0 atom stereocenters. The van der Waals surface area contributed by atoms with Crippen molar-refractivity contribution in [2.24, 2.45) is 0 Å². The number of pyridine rings is 4. The second kappa shape index (κ2) is 32.2. The molecule has 8 aromatic rings. The van der Waals surface area contributed by atoms with Gasteiger partial charge in [-0.25, -0.2) is 19.9 Å². The quantitative estimate of drug-likeness (QED) is 0.0515. The summed E-state index contributed by atoms with van der Waals surface area (Å²) in [6.45, 7) is 7.70. The molecule has 22 heteroatoms. The maximum absolute atomic E-state index is 12.0. The second-order valence-corrected chi connectivity index (χ2v) is 21.5. The van der Waals surface area contributed by atoms with Gasteiger partial charge >= 0.3 is 0 Å². The number of benzene rings is 4. The fraction of sp³-hybridized carbons (Fsp3) is 0.235. The molecule has 4 aromatic heterocycles. The molecular formula is C68H62Cl2N4O16. The molecule has 90 heavy (non-hydrogen) atoms. The number of carbonyl (C=O) groups excluding carboxylic acids is 8. The molecule has 20 nitrogen and oxygen atoms in total. The number of ketones is 8. The molecular weight excluding hydrogens is 1200 g/mol. The van der Waals surface area contributed by atoms with Crippen molar-refractivity contribution in [3.05, 3.63) is 167 Å². The van der Waals surface area contributed by atoms with Crippen molar-refractivity contribution in [2.75, 3.05) is 26.4 Å². The number of halogens is 2. The molecule has 0 aliphatic carbocycles. The van der Waals surface area contributed by atoms with Crippen LogP contribution in [0.5, 0.6) is 46.0 Å². The SMILES string of the molecule is CC(=O)CCC(=O)c1ncc(-c2ccc3c(c2)OCCO3)cc1O.CC(=O)CCC(=O)c1ncc(-c2ccc3c(c2)OCCO3)cc1O.CC(=O)CCC(=O)c1ncc(-c2cccc(Cl)c2)cc1O.CC(=O)CCC(=O)c1ncc(-c2cccc(Cl)c2)cc1O. The van der Waals surface area contributed by atoms with Gasteiger partial charge in [0, 0.05) is 108 Å². The van der Waals surface area contributed by atoms with Crippen molar-refractivity contribution in [2.45, 2.75) is 79.1 Å². The Morgan fingerprint density at radius 3 is 0.833 bits per heavy atom. The maximum Gasteiger partial charge on any atom is 0.185 e. The van der Waals surface area contributed by atoms with Crippen molar-refractivity contribution in [3.63, 3.8) is 0 Å². The summed E-state index contributed by atoms with van der Waals surface area (Å²) in [6.07, 6.45) is 6.81. The minimum Gasteiger partial charge on any atom is -0.506 e. The molecule has 464 valence electrons. The van der Waals surface area contributed by atoms with Gasteiger partial charge in [-0.1, -0.05) is 59.6 Å². The summed E-state index contributed by atoms with van der Waals surface area (Å²) < 4.78 is 22.0. The number of aromatic nitrogens is 4. The summed E-state index contributed by atoms with van der Waals surface area (Å²) >= 11 is 11.8. The average Bonchev–Trinajstić information content (AvgIpc) is 1.22.